The Kier molecular flexibility index (Phi) is 4.81. The highest BCUT2D eigenvalue weighted by Gasteiger charge is 2.36. The molecule has 1 saturated heterocycles. The van der Waals surface area contributed by atoms with Crippen molar-refractivity contribution in [3.05, 3.63) is 65.5 Å². The molecule has 1 fully saturated rings. The molecule has 2 atom stereocenters. The molecule has 1 aliphatic rings. The second-order valence-corrected chi connectivity index (χ2v) is 5.96. The molecule has 0 aromatic heterocycles. The number of hydrogen-bond donors (Lipinski definition) is 1. The van der Waals surface area contributed by atoms with E-state index in [2.05, 4.69) is 0 Å². The maximum absolute atomic E-state index is 13.3. The highest BCUT2D eigenvalue weighted by Crippen LogP contribution is 2.35. The Morgan fingerprint density at radius 2 is 1.75 bits per heavy atom. The van der Waals surface area contributed by atoms with E-state index in [1.54, 1.807) is 19.2 Å². The zero-order chi connectivity index (χ0) is 17.1. The van der Waals surface area contributed by atoms with Gasteiger partial charge in [0.1, 0.15) is 17.6 Å². The van der Waals surface area contributed by atoms with Gasteiger partial charge in [-0.1, -0.05) is 24.3 Å². The van der Waals surface area contributed by atoms with Crippen LogP contribution in [0.5, 0.6) is 5.75 Å². The maximum Gasteiger partial charge on any atom is 0.320 e. The SMILES string of the molecule is COc1ccc(C(c2ccc(F)cc2)N2CCCC2C(=O)O)cc1. The van der Waals surface area contributed by atoms with Crippen molar-refractivity contribution in [1.29, 1.82) is 0 Å². The topological polar surface area (TPSA) is 49.8 Å². The van der Waals surface area contributed by atoms with Gasteiger partial charge < -0.3 is 9.84 Å². The number of likely N-dealkylation sites (tertiary alicyclic amines) is 1. The van der Waals surface area contributed by atoms with E-state index in [-0.39, 0.29) is 11.9 Å². The van der Waals surface area contributed by atoms with Crippen LogP contribution in [0.25, 0.3) is 0 Å². The summed E-state index contributed by atoms with van der Waals surface area (Å²) in [5.41, 5.74) is 1.85. The zero-order valence-electron chi connectivity index (χ0n) is 13.5. The fourth-order valence-corrected chi connectivity index (χ4v) is 3.37. The van der Waals surface area contributed by atoms with Crippen molar-refractivity contribution in [2.24, 2.45) is 0 Å². The van der Waals surface area contributed by atoms with Gasteiger partial charge in [0.2, 0.25) is 0 Å². The van der Waals surface area contributed by atoms with E-state index < -0.39 is 12.0 Å². The minimum absolute atomic E-state index is 0.222. The quantitative estimate of drug-likeness (QED) is 0.912. The first-order chi connectivity index (χ1) is 11.6. The molecular weight excluding hydrogens is 309 g/mol. The third-order valence-corrected chi connectivity index (χ3v) is 4.53. The van der Waals surface area contributed by atoms with Gasteiger partial charge in [-0.25, -0.2) is 4.39 Å². The van der Waals surface area contributed by atoms with Gasteiger partial charge in [-0.3, -0.25) is 9.69 Å². The molecule has 24 heavy (non-hydrogen) atoms. The van der Waals surface area contributed by atoms with E-state index in [0.29, 0.717) is 13.0 Å². The summed E-state index contributed by atoms with van der Waals surface area (Å²) in [7, 11) is 1.60. The Morgan fingerprint density at radius 3 is 2.29 bits per heavy atom. The molecule has 0 aliphatic carbocycles. The molecule has 0 saturated carbocycles. The molecule has 2 unspecified atom stereocenters. The molecule has 1 aliphatic heterocycles. The van der Waals surface area contributed by atoms with Gasteiger partial charge in [0.25, 0.3) is 0 Å². The van der Waals surface area contributed by atoms with Crippen LogP contribution in [-0.2, 0) is 4.79 Å². The van der Waals surface area contributed by atoms with Gasteiger partial charge in [0.15, 0.2) is 0 Å². The summed E-state index contributed by atoms with van der Waals surface area (Å²) in [6, 6.07) is 13.1. The predicted molar refractivity (Wildman–Crippen MR) is 88.6 cm³/mol. The van der Waals surface area contributed by atoms with Gasteiger partial charge in [-0.15, -0.1) is 0 Å². The normalized spacial score (nSPS) is 19.2. The molecule has 0 radical (unpaired) electrons. The van der Waals surface area contributed by atoms with Crippen LogP contribution in [0.15, 0.2) is 48.5 Å². The van der Waals surface area contributed by atoms with Crippen LogP contribution in [0.1, 0.15) is 30.0 Å². The van der Waals surface area contributed by atoms with Gasteiger partial charge in [-0.05, 0) is 48.2 Å². The molecule has 5 heteroatoms. The lowest BCUT2D eigenvalue weighted by Crippen LogP contribution is -2.39. The monoisotopic (exact) mass is 329 g/mol. The van der Waals surface area contributed by atoms with E-state index in [0.717, 1.165) is 23.3 Å². The number of hydrogen-bond acceptors (Lipinski definition) is 3. The number of aliphatic carboxylic acids is 1. The molecule has 1 N–H and O–H groups in total. The van der Waals surface area contributed by atoms with Gasteiger partial charge in [0.05, 0.1) is 13.2 Å². The van der Waals surface area contributed by atoms with Crippen LogP contribution in [-0.4, -0.2) is 35.7 Å². The number of nitrogens with zero attached hydrogens (tertiary/aromatic N) is 1. The van der Waals surface area contributed by atoms with Crippen molar-refractivity contribution < 1.29 is 19.0 Å². The van der Waals surface area contributed by atoms with E-state index in [1.165, 1.54) is 12.1 Å². The van der Waals surface area contributed by atoms with Crippen molar-refractivity contribution in [3.63, 3.8) is 0 Å². The van der Waals surface area contributed by atoms with E-state index in [9.17, 15) is 14.3 Å². The van der Waals surface area contributed by atoms with Crippen LogP contribution in [0.3, 0.4) is 0 Å². The first-order valence-electron chi connectivity index (χ1n) is 7.98. The lowest BCUT2D eigenvalue weighted by Gasteiger charge is -2.32. The molecule has 0 amide bonds. The largest absolute Gasteiger partial charge is 0.497 e. The van der Waals surface area contributed by atoms with Crippen molar-refractivity contribution in [2.75, 3.05) is 13.7 Å². The number of carboxylic acid groups (broad SMARTS) is 1. The molecule has 4 nitrogen and oxygen atoms in total. The summed E-state index contributed by atoms with van der Waals surface area (Å²) in [5.74, 6) is -0.371. The average Bonchev–Trinajstić information content (AvgIpc) is 3.07. The zero-order valence-corrected chi connectivity index (χ0v) is 13.5. The Hall–Kier alpha value is -2.40. The second-order valence-electron chi connectivity index (χ2n) is 5.96. The molecule has 3 rings (SSSR count). The van der Waals surface area contributed by atoms with Crippen LogP contribution in [0.4, 0.5) is 4.39 Å². The Bertz CT molecular complexity index is 700. The number of carbonyl (C=O) groups is 1. The summed E-state index contributed by atoms with van der Waals surface area (Å²) < 4.78 is 18.5. The third-order valence-electron chi connectivity index (χ3n) is 4.53. The highest BCUT2D eigenvalue weighted by molar-refractivity contribution is 5.74. The van der Waals surface area contributed by atoms with Crippen molar-refractivity contribution in [2.45, 2.75) is 24.9 Å². The number of ether oxygens (including phenoxy) is 1. The van der Waals surface area contributed by atoms with Crippen LogP contribution in [0.2, 0.25) is 0 Å². The molecule has 1 heterocycles. The second kappa shape index (κ2) is 7.01. The minimum Gasteiger partial charge on any atom is -0.497 e. The summed E-state index contributed by atoms with van der Waals surface area (Å²) in [6.45, 7) is 0.699. The molecule has 126 valence electrons. The van der Waals surface area contributed by atoms with Gasteiger partial charge in [-0.2, -0.15) is 0 Å². The fourth-order valence-electron chi connectivity index (χ4n) is 3.37. The maximum atomic E-state index is 13.3. The highest BCUT2D eigenvalue weighted by atomic mass is 19.1. The molecule has 2 aromatic carbocycles. The number of halogens is 1. The number of benzene rings is 2. The summed E-state index contributed by atoms with van der Waals surface area (Å²) >= 11 is 0. The predicted octanol–water partition coefficient (Wildman–Crippen LogP) is 3.47. The van der Waals surface area contributed by atoms with Crippen molar-refractivity contribution in [3.8, 4) is 5.75 Å². The Labute approximate surface area is 140 Å². The minimum atomic E-state index is -0.812. The summed E-state index contributed by atoms with van der Waals surface area (Å²) in [4.78, 5) is 13.6. The molecule has 0 bridgehead atoms. The third kappa shape index (κ3) is 3.26. The molecule has 2 aromatic rings. The molecular formula is C19H20FNO3. The standard InChI is InChI=1S/C19H20FNO3/c1-24-16-10-6-14(7-11-16)18(13-4-8-15(20)9-5-13)21-12-2-3-17(21)19(22)23/h4-11,17-18H,2-3,12H2,1H3,(H,22,23). The first-order valence-corrected chi connectivity index (χ1v) is 7.98. The van der Waals surface area contributed by atoms with Crippen LogP contribution in [0, 0.1) is 5.82 Å². The number of rotatable bonds is 5. The lowest BCUT2D eigenvalue weighted by atomic mass is 9.96. The number of methoxy groups -OCH3 is 1. The Balaban J connectivity index is 2.02. The number of carboxylic acids is 1. The summed E-state index contributed by atoms with van der Waals surface area (Å²) in [5, 5.41) is 9.53. The van der Waals surface area contributed by atoms with Crippen LogP contribution < -0.4 is 4.74 Å². The molecule has 0 spiro atoms. The Morgan fingerprint density at radius 1 is 1.17 bits per heavy atom. The first kappa shape index (κ1) is 16.5. The van der Waals surface area contributed by atoms with E-state index in [4.69, 9.17) is 4.74 Å². The fraction of sp³-hybridized carbons (Fsp3) is 0.316. The van der Waals surface area contributed by atoms with Gasteiger partial charge in [0, 0.05) is 6.54 Å². The average molecular weight is 329 g/mol. The smallest absolute Gasteiger partial charge is 0.320 e. The summed E-state index contributed by atoms with van der Waals surface area (Å²) in [6.07, 6.45) is 1.47. The van der Waals surface area contributed by atoms with E-state index >= 15 is 0 Å². The lowest BCUT2D eigenvalue weighted by molar-refractivity contribution is -0.142. The van der Waals surface area contributed by atoms with Crippen LogP contribution >= 0.6 is 0 Å². The van der Waals surface area contributed by atoms with Gasteiger partial charge >= 0.3 is 5.97 Å². The van der Waals surface area contributed by atoms with Crippen molar-refractivity contribution in [1.82, 2.24) is 4.90 Å². The van der Waals surface area contributed by atoms with Crippen molar-refractivity contribution >= 4 is 5.97 Å². The van der Waals surface area contributed by atoms with E-state index in [1.807, 2.05) is 29.2 Å².